The summed E-state index contributed by atoms with van der Waals surface area (Å²) in [5, 5.41) is 8.66. The van der Waals surface area contributed by atoms with E-state index < -0.39 is 16.7 Å². The lowest BCUT2D eigenvalue weighted by Gasteiger charge is -2.15. The molecule has 0 bridgehead atoms. The molecule has 0 amide bonds. The normalized spacial score (nSPS) is 11.4. The van der Waals surface area contributed by atoms with Crippen LogP contribution in [-0.4, -0.2) is 32.6 Å². The fraction of sp³-hybridized carbons (Fsp3) is 0.176. The van der Waals surface area contributed by atoms with Gasteiger partial charge in [-0.25, -0.2) is 27.9 Å². The van der Waals surface area contributed by atoms with Crippen LogP contribution in [0.15, 0.2) is 41.6 Å². The number of aromatic nitrogens is 2. The topological polar surface area (TPSA) is 116 Å². The van der Waals surface area contributed by atoms with Crippen LogP contribution < -0.4 is 19.9 Å². The molecule has 8 nitrogen and oxygen atoms in total. The van der Waals surface area contributed by atoms with Crippen LogP contribution in [0.2, 0.25) is 0 Å². The largest absolute Gasteiger partial charge is 0.497 e. The molecule has 0 radical (unpaired) electrons. The lowest BCUT2D eigenvalue weighted by atomic mass is 10.1. The molecular weight excluding hydrogens is 375 g/mol. The molecule has 0 spiro atoms. The van der Waals surface area contributed by atoms with E-state index in [1.54, 1.807) is 12.1 Å². The Hall–Kier alpha value is -2.98. The molecule has 0 unspecified atom stereocenters. The number of ether oxygens (including phenoxy) is 2. The second kappa shape index (κ2) is 7.33. The summed E-state index contributed by atoms with van der Waals surface area (Å²) in [5.74, 6) is 1.31. The molecular formula is C17H17FN4O4S. The Morgan fingerprint density at radius 2 is 1.93 bits per heavy atom. The van der Waals surface area contributed by atoms with Gasteiger partial charge in [-0.05, 0) is 12.1 Å². The van der Waals surface area contributed by atoms with Crippen molar-refractivity contribution in [3.63, 3.8) is 0 Å². The van der Waals surface area contributed by atoms with Gasteiger partial charge in [-0.15, -0.1) is 0 Å². The second-order valence-electron chi connectivity index (χ2n) is 5.57. The molecule has 1 aromatic heterocycles. The average molecular weight is 392 g/mol. The van der Waals surface area contributed by atoms with Crippen LogP contribution in [0.3, 0.4) is 0 Å². The number of alkyl halides is 1. The van der Waals surface area contributed by atoms with Gasteiger partial charge >= 0.3 is 0 Å². The molecule has 142 valence electrons. The highest BCUT2D eigenvalue weighted by Gasteiger charge is 2.16. The average Bonchev–Trinajstić information content (AvgIpc) is 2.66. The van der Waals surface area contributed by atoms with Gasteiger partial charge < -0.3 is 14.8 Å². The number of rotatable bonds is 6. The number of hydrogen-bond donors (Lipinski definition) is 2. The standard InChI is InChI=1S/C17H17FN4O4S/c1-25-11-5-14-16(15(6-11)26-2)17(21-9-20-14)22-13-7-12(27(19,23)24)4-3-10(13)8-18/h3-7,9H,8H2,1-2H3,(H2,19,23,24)(H,20,21,22). The first-order valence-electron chi connectivity index (χ1n) is 7.73. The molecule has 3 aromatic rings. The third-order valence-electron chi connectivity index (χ3n) is 3.94. The molecule has 3 rings (SSSR count). The van der Waals surface area contributed by atoms with Gasteiger partial charge in [-0.3, -0.25) is 0 Å². The molecule has 2 aromatic carbocycles. The molecule has 0 aliphatic carbocycles. The maximum atomic E-state index is 13.4. The molecule has 0 aliphatic rings. The maximum Gasteiger partial charge on any atom is 0.238 e. The first-order valence-corrected chi connectivity index (χ1v) is 9.27. The summed E-state index contributed by atoms with van der Waals surface area (Å²) < 4.78 is 47.2. The summed E-state index contributed by atoms with van der Waals surface area (Å²) in [6.07, 6.45) is 1.32. The van der Waals surface area contributed by atoms with Crippen molar-refractivity contribution in [3.05, 3.63) is 42.2 Å². The number of benzene rings is 2. The third kappa shape index (κ3) is 3.76. The van der Waals surface area contributed by atoms with E-state index in [1.807, 2.05) is 0 Å². The van der Waals surface area contributed by atoms with Crippen molar-refractivity contribution in [2.75, 3.05) is 19.5 Å². The summed E-state index contributed by atoms with van der Waals surface area (Å²) >= 11 is 0. The van der Waals surface area contributed by atoms with Gasteiger partial charge in [0, 0.05) is 23.4 Å². The van der Waals surface area contributed by atoms with Crippen molar-refractivity contribution < 1.29 is 22.3 Å². The van der Waals surface area contributed by atoms with Crippen molar-refractivity contribution in [1.82, 2.24) is 9.97 Å². The van der Waals surface area contributed by atoms with E-state index >= 15 is 0 Å². The Bertz CT molecular complexity index is 1110. The van der Waals surface area contributed by atoms with Crippen LogP contribution in [0, 0.1) is 0 Å². The Labute approximate surface area is 155 Å². The van der Waals surface area contributed by atoms with Gasteiger partial charge in [0.25, 0.3) is 0 Å². The summed E-state index contributed by atoms with van der Waals surface area (Å²) in [6, 6.07) is 7.22. The zero-order valence-electron chi connectivity index (χ0n) is 14.6. The van der Waals surface area contributed by atoms with E-state index in [0.717, 1.165) is 0 Å². The fourth-order valence-corrected chi connectivity index (χ4v) is 3.14. The van der Waals surface area contributed by atoms with Crippen LogP contribution in [0.1, 0.15) is 5.56 Å². The maximum absolute atomic E-state index is 13.4. The molecule has 0 aliphatic heterocycles. The minimum absolute atomic E-state index is 0.144. The summed E-state index contributed by atoms with van der Waals surface area (Å²) in [5.41, 5.74) is 1.01. The number of nitrogens with two attached hydrogens (primary N) is 1. The van der Waals surface area contributed by atoms with Crippen molar-refractivity contribution in [2.45, 2.75) is 11.6 Å². The fourth-order valence-electron chi connectivity index (χ4n) is 2.60. The Morgan fingerprint density at radius 3 is 2.56 bits per heavy atom. The number of halogens is 1. The summed E-state index contributed by atoms with van der Waals surface area (Å²) in [6.45, 7) is -0.804. The second-order valence-corrected chi connectivity index (χ2v) is 7.13. The van der Waals surface area contributed by atoms with Gasteiger partial charge in [0.1, 0.15) is 30.3 Å². The molecule has 0 atom stereocenters. The molecule has 10 heteroatoms. The summed E-state index contributed by atoms with van der Waals surface area (Å²) in [4.78, 5) is 8.24. The zero-order valence-corrected chi connectivity index (χ0v) is 15.4. The van der Waals surface area contributed by atoms with Crippen LogP contribution in [0.5, 0.6) is 11.5 Å². The molecule has 0 saturated heterocycles. The Morgan fingerprint density at radius 1 is 1.15 bits per heavy atom. The van der Waals surface area contributed by atoms with E-state index in [9.17, 15) is 12.8 Å². The number of nitrogens with one attached hydrogen (secondary N) is 1. The van der Waals surface area contributed by atoms with Crippen LogP contribution in [-0.2, 0) is 16.7 Å². The van der Waals surface area contributed by atoms with Gasteiger partial charge in [-0.2, -0.15) is 0 Å². The number of sulfonamides is 1. The van der Waals surface area contributed by atoms with Crippen molar-refractivity contribution in [3.8, 4) is 11.5 Å². The first kappa shape index (κ1) is 18.8. The van der Waals surface area contributed by atoms with Crippen LogP contribution in [0.4, 0.5) is 15.9 Å². The van der Waals surface area contributed by atoms with Crippen LogP contribution >= 0.6 is 0 Å². The SMILES string of the molecule is COc1cc(OC)c2c(Nc3cc(S(N)(=O)=O)ccc3CF)ncnc2c1. The molecule has 0 fully saturated rings. The lowest BCUT2D eigenvalue weighted by Crippen LogP contribution is -2.12. The van der Waals surface area contributed by atoms with E-state index in [0.29, 0.717) is 28.2 Å². The number of primary sulfonamides is 1. The summed E-state index contributed by atoms with van der Waals surface area (Å²) in [7, 11) is -0.937. The number of anilines is 2. The molecule has 1 heterocycles. The van der Waals surface area contributed by atoms with Crippen molar-refractivity contribution >= 4 is 32.4 Å². The van der Waals surface area contributed by atoms with Gasteiger partial charge in [-0.1, -0.05) is 6.07 Å². The molecule has 0 saturated carbocycles. The van der Waals surface area contributed by atoms with Gasteiger partial charge in [0.2, 0.25) is 10.0 Å². The third-order valence-corrected chi connectivity index (χ3v) is 4.85. The van der Waals surface area contributed by atoms with E-state index in [4.69, 9.17) is 14.6 Å². The number of methoxy groups -OCH3 is 2. The Kier molecular flexibility index (Phi) is 5.10. The smallest absolute Gasteiger partial charge is 0.238 e. The van der Waals surface area contributed by atoms with Crippen LogP contribution in [0.25, 0.3) is 10.9 Å². The number of fused-ring (bicyclic) bond motifs is 1. The zero-order chi connectivity index (χ0) is 19.6. The molecule has 3 N–H and O–H groups in total. The van der Waals surface area contributed by atoms with Gasteiger partial charge in [0.05, 0.1) is 30.0 Å². The lowest BCUT2D eigenvalue weighted by molar-refractivity contribution is 0.398. The minimum atomic E-state index is -3.94. The first-order chi connectivity index (χ1) is 12.9. The highest BCUT2D eigenvalue weighted by molar-refractivity contribution is 7.89. The number of hydrogen-bond acceptors (Lipinski definition) is 7. The Balaban J connectivity index is 2.17. The highest BCUT2D eigenvalue weighted by atomic mass is 32.2. The van der Waals surface area contributed by atoms with E-state index in [-0.39, 0.29) is 16.1 Å². The van der Waals surface area contributed by atoms with Crippen molar-refractivity contribution in [2.24, 2.45) is 5.14 Å². The van der Waals surface area contributed by atoms with Gasteiger partial charge in [0.15, 0.2) is 0 Å². The van der Waals surface area contributed by atoms with Crippen molar-refractivity contribution in [1.29, 1.82) is 0 Å². The predicted molar refractivity (Wildman–Crippen MR) is 98.6 cm³/mol. The molecule has 27 heavy (non-hydrogen) atoms. The predicted octanol–water partition coefficient (Wildman–Crippen LogP) is 2.51. The van der Waals surface area contributed by atoms with E-state index in [1.165, 1.54) is 38.7 Å². The number of nitrogens with zero attached hydrogens (tertiary/aromatic N) is 2. The minimum Gasteiger partial charge on any atom is -0.497 e. The monoisotopic (exact) mass is 392 g/mol. The quantitative estimate of drug-likeness (QED) is 0.662. The van der Waals surface area contributed by atoms with E-state index in [2.05, 4.69) is 15.3 Å². The highest BCUT2D eigenvalue weighted by Crippen LogP contribution is 2.36.